The number of hydrogen-bond donors (Lipinski definition) is 1. The van der Waals surface area contributed by atoms with Crippen LogP contribution in [0.3, 0.4) is 0 Å². The zero-order chi connectivity index (χ0) is 26.1. The predicted molar refractivity (Wildman–Crippen MR) is 133 cm³/mol. The van der Waals surface area contributed by atoms with Gasteiger partial charge in [0.1, 0.15) is 24.2 Å². The van der Waals surface area contributed by atoms with Crippen LogP contribution >= 0.6 is 11.6 Å². The molecule has 1 fully saturated rings. The number of aldehydes is 1. The molecule has 3 aromatic rings. The summed E-state index contributed by atoms with van der Waals surface area (Å²) in [6.45, 7) is 8.20. The summed E-state index contributed by atoms with van der Waals surface area (Å²) in [6, 6.07) is 10.3. The highest BCUT2D eigenvalue weighted by Crippen LogP contribution is 2.55. The van der Waals surface area contributed by atoms with E-state index in [1.165, 1.54) is 10.9 Å². The number of hydrogen-bond acceptors (Lipinski definition) is 7. The van der Waals surface area contributed by atoms with E-state index in [-0.39, 0.29) is 28.9 Å². The number of ether oxygens (including phenoxy) is 1. The average molecular weight is 507 g/mol. The van der Waals surface area contributed by atoms with E-state index in [9.17, 15) is 9.59 Å². The zero-order valence-electron chi connectivity index (χ0n) is 20.5. The Hall–Kier alpha value is -3.77. The number of carbonyl (C=O) groups is 2. The molecular weight excluding hydrogens is 480 g/mol. The fourth-order valence-electron chi connectivity index (χ4n) is 5.20. The van der Waals surface area contributed by atoms with Gasteiger partial charge < -0.3 is 14.8 Å². The van der Waals surface area contributed by atoms with E-state index in [1.54, 1.807) is 36.5 Å². The Kier molecular flexibility index (Phi) is 6.83. The zero-order valence-corrected chi connectivity index (χ0v) is 21.3. The smallest absolute Gasteiger partial charge is 0.253 e. The first-order valence-corrected chi connectivity index (χ1v) is 11.9. The number of aromatic nitrogens is 4. The van der Waals surface area contributed by atoms with Crippen LogP contribution in [-0.4, -0.2) is 44.3 Å². The molecule has 4 rings (SSSR count). The third-order valence-electron chi connectivity index (χ3n) is 6.73. The number of rotatable bonds is 8. The van der Waals surface area contributed by atoms with Gasteiger partial charge in [0.15, 0.2) is 5.82 Å². The summed E-state index contributed by atoms with van der Waals surface area (Å²) in [7, 11) is 0. The fourth-order valence-corrected chi connectivity index (χ4v) is 5.41. The second-order valence-corrected chi connectivity index (χ2v) is 10.5. The molecule has 1 amide bonds. The number of amides is 1. The minimum absolute atomic E-state index is 0.160. The monoisotopic (exact) mass is 506 g/mol. The van der Waals surface area contributed by atoms with Crippen LogP contribution in [0.15, 0.2) is 42.7 Å². The quantitative estimate of drug-likeness (QED) is 0.459. The number of nitriles is 1. The van der Waals surface area contributed by atoms with Gasteiger partial charge in [0, 0.05) is 35.6 Å². The first-order valence-electron chi connectivity index (χ1n) is 11.6. The molecule has 0 atom stereocenters. The van der Waals surface area contributed by atoms with Crippen LogP contribution < -0.4 is 10.1 Å². The molecule has 1 saturated carbocycles. The molecule has 36 heavy (non-hydrogen) atoms. The average Bonchev–Trinajstić information content (AvgIpc) is 3.33. The van der Waals surface area contributed by atoms with Gasteiger partial charge in [0.2, 0.25) is 0 Å². The van der Waals surface area contributed by atoms with Gasteiger partial charge in [0.25, 0.3) is 5.91 Å². The highest BCUT2D eigenvalue weighted by atomic mass is 35.5. The van der Waals surface area contributed by atoms with Crippen LogP contribution in [-0.2, 0) is 11.2 Å². The standard InChI is InChI=1S/C26H27ClN6O3/c1-25(2)23(26(3,4)24(25)36-19-9-7-16(13-28)20(27)12-19)30-22(35)17-8-10-21(29-14-17)33-15-18(31-32-33)6-5-11-34/h7-12,14-15,23-24H,5-6H2,1-4H3,(H,30,35)/t23-,24-. The van der Waals surface area contributed by atoms with Gasteiger partial charge in [-0.2, -0.15) is 5.26 Å². The molecule has 186 valence electrons. The lowest BCUT2D eigenvalue weighted by Gasteiger charge is -2.63. The minimum Gasteiger partial charge on any atom is -0.489 e. The lowest BCUT2D eigenvalue weighted by molar-refractivity contribution is -0.164. The lowest BCUT2D eigenvalue weighted by Crippen LogP contribution is -2.74. The highest BCUT2D eigenvalue weighted by molar-refractivity contribution is 6.31. The van der Waals surface area contributed by atoms with E-state index < -0.39 is 0 Å². The van der Waals surface area contributed by atoms with Gasteiger partial charge in [-0.25, -0.2) is 9.67 Å². The van der Waals surface area contributed by atoms with Crippen molar-refractivity contribution in [1.82, 2.24) is 25.3 Å². The summed E-state index contributed by atoms with van der Waals surface area (Å²) in [5, 5.41) is 20.6. The summed E-state index contributed by atoms with van der Waals surface area (Å²) in [5.74, 6) is 0.873. The third kappa shape index (κ3) is 4.69. The first-order chi connectivity index (χ1) is 17.1. The Morgan fingerprint density at radius 1 is 1.25 bits per heavy atom. The molecule has 10 heteroatoms. The summed E-state index contributed by atoms with van der Waals surface area (Å²) in [5.41, 5.74) is 0.773. The molecule has 1 aliphatic carbocycles. The van der Waals surface area contributed by atoms with Crippen LogP contribution in [0, 0.1) is 22.2 Å². The van der Waals surface area contributed by atoms with E-state index in [0.29, 0.717) is 46.3 Å². The summed E-state index contributed by atoms with van der Waals surface area (Å²) in [6.07, 6.45) is 4.76. The Bertz CT molecular complexity index is 1310. The Morgan fingerprint density at radius 2 is 2.00 bits per heavy atom. The molecule has 0 radical (unpaired) electrons. The van der Waals surface area contributed by atoms with Crippen molar-refractivity contribution in [3.8, 4) is 17.6 Å². The summed E-state index contributed by atoms with van der Waals surface area (Å²) in [4.78, 5) is 28.0. The van der Waals surface area contributed by atoms with Gasteiger partial charge in [-0.1, -0.05) is 44.5 Å². The molecule has 1 aliphatic rings. The number of nitrogens with one attached hydrogen (secondary N) is 1. The van der Waals surface area contributed by atoms with Gasteiger partial charge in [-0.05, 0) is 30.7 Å². The maximum atomic E-state index is 13.1. The van der Waals surface area contributed by atoms with Crippen molar-refractivity contribution in [2.24, 2.45) is 10.8 Å². The topological polar surface area (TPSA) is 123 Å². The maximum absolute atomic E-state index is 13.1. The molecule has 0 unspecified atom stereocenters. The van der Waals surface area contributed by atoms with Crippen molar-refractivity contribution in [2.75, 3.05) is 0 Å². The van der Waals surface area contributed by atoms with Gasteiger partial charge in [-0.15, -0.1) is 5.10 Å². The van der Waals surface area contributed by atoms with Crippen molar-refractivity contribution in [2.45, 2.75) is 52.7 Å². The predicted octanol–water partition coefficient (Wildman–Crippen LogP) is 3.93. The second-order valence-electron chi connectivity index (χ2n) is 10.1. The molecule has 0 spiro atoms. The number of nitrogens with zero attached hydrogens (tertiary/aromatic N) is 5. The van der Waals surface area contributed by atoms with Crippen molar-refractivity contribution < 1.29 is 14.3 Å². The second kappa shape index (κ2) is 9.70. The summed E-state index contributed by atoms with van der Waals surface area (Å²) >= 11 is 6.17. The molecule has 0 bridgehead atoms. The lowest BCUT2D eigenvalue weighted by atomic mass is 9.49. The normalized spacial score (nSPS) is 19.6. The molecule has 1 aromatic carbocycles. The van der Waals surface area contributed by atoms with Crippen molar-refractivity contribution in [3.63, 3.8) is 0 Å². The number of aryl methyl sites for hydroxylation is 1. The van der Waals surface area contributed by atoms with Crippen molar-refractivity contribution >= 4 is 23.8 Å². The van der Waals surface area contributed by atoms with E-state index in [4.69, 9.17) is 21.6 Å². The Labute approximate surface area is 214 Å². The third-order valence-corrected chi connectivity index (χ3v) is 7.05. The van der Waals surface area contributed by atoms with Crippen LogP contribution in [0.1, 0.15) is 55.7 Å². The van der Waals surface area contributed by atoms with E-state index in [2.05, 4.69) is 20.6 Å². The van der Waals surface area contributed by atoms with Crippen molar-refractivity contribution in [1.29, 1.82) is 5.26 Å². The first kappa shape index (κ1) is 25.3. The van der Waals surface area contributed by atoms with Crippen LogP contribution in [0.4, 0.5) is 0 Å². The molecule has 9 nitrogen and oxygen atoms in total. The largest absolute Gasteiger partial charge is 0.489 e. The number of carbonyl (C=O) groups excluding carboxylic acids is 2. The fraction of sp³-hybridized carbons (Fsp3) is 0.385. The Morgan fingerprint density at radius 3 is 2.61 bits per heavy atom. The molecular formula is C26H27ClN6O3. The number of benzene rings is 1. The van der Waals surface area contributed by atoms with Crippen LogP contribution in [0.2, 0.25) is 5.02 Å². The molecule has 1 N–H and O–H groups in total. The highest BCUT2D eigenvalue weighted by Gasteiger charge is 2.64. The molecule has 0 aliphatic heterocycles. The van der Waals surface area contributed by atoms with Gasteiger partial charge >= 0.3 is 0 Å². The maximum Gasteiger partial charge on any atom is 0.253 e. The van der Waals surface area contributed by atoms with E-state index in [0.717, 1.165) is 6.29 Å². The van der Waals surface area contributed by atoms with Crippen molar-refractivity contribution in [3.05, 3.63) is 64.6 Å². The SMILES string of the molecule is CC1(C)[C@H](NC(=O)c2ccc(-n3cc(CCC=O)nn3)nc2)C(C)(C)[C@H]1Oc1ccc(C#N)c(Cl)c1. The molecule has 0 saturated heterocycles. The molecule has 2 aromatic heterocycles. The summed E-state index contributed by atoms with van der Waals surface area (Å²) < 4.78 is 7.79. The minimum atomic E-state index is -0.369. The van der Waals surface area contributed by atoms with Crippen LogP contribution in [0.5, 0.6) is 5.75 Å². The van der Waals surface area contributed by atoms with Crippen LogP contribution in [0.25, 0.3) is 5.82 Å². The molecule has 2 heterocycles. The number of halogens is 1. The van der Waals surface area contributed by atoms with Gasteiger partial charge in [0.05, 0.1) is 28.0 Å². The number of pyridine rings is 1. The van der Waals surface area contributed by atoms with E-state index in [1.807, 2.05) is 33.8 Å². The Balaban J connectivity index is 1.43. The van der Waals surface area contributed by atoms with E-state index >= 15 is 0 Å². The van der Waals surface area contributed by atoms with Gasteiger partial charge in [-0.3, -0.25) is 4.79 Å².